The lowest BCUT2D eigenvalue weighted by Gasteiger charge is -2.27. The van der Waals surface area contributed by atoms with Crippen LogP contribution >= 0.6 is 11.6 Å². The molecule has 1 saturated heterocycles. The van der Waals surface area contributed by atoms with Gasteiger partial charge >= 0.3 is 0 Å². The third-order valence-electron chi connectivity index (χ3n) is 4.65. The number of phenolic OH excluding ortho intramolecular Hbond substituents is 1. The van der Waals surface area contributed by atoms with Crippen molar-refractivity contribution in [2.24, 2.45) is 5.10 Å². The SMILES string of the molecule is Cc1ccc(Nc2nc(N/N=C/c3ccccc3O)nc(N3CCOCC3)n2)cc1Cl. The Hall–Kier alpha value is -3.43. The number of para-hydroxylation sites is 1. The molecule has 31 heavy (non-hydrogen) atoms. The van der Waals surface area contributed by atoms with Crippen LogP contribution in [0.4, 0.5) is 23.5 Å². The predicted octanol–water partition coefficient (Wildman–Crippen LogP) is 3.57. The number of aromatic nitrogens is 3. The molecule has 4 rings (SSSR count). The molecule has 9 nitrogen and oxygen atoms in total. The summed E-state index contributed by atoms with van der Waals surface area (Å²) in [5.74, 6) is 1.27. The summed E-state index contributed by atoms with van der Waals surface area (Å²) in [5, 5.41) is 17.8. The van der Waals surface area contributed by atoms with Crippen LogP contribution in [0.2, 0.25) is 5.02 Å². The maximum atomic E-state index is 9.87. The standard InChI is InChI=1S/C21H22ClN7O2/c1-14-6-7-16(12-17(14)22)24-19-25-20(27-21(26-19)29-8-10-31-11-9-29)28-23-13-15-4-2-3-5-18(15)30/h2-7,12-13,30H,8-11H2,1H3,(H2,24,25,26,27,28)/b23-13+. The van der Waals surface area contributed by atoms with Gasteiger partial charge in [-0.25, -0.2) is 5.43 Å². The first-order chi connectivity index (χ1) is 15.1. The fourth-order valence-corrected chi connectivity index (χ4v) is 3.11. The average Bonchev–Trinajstić information content (AvgIpc) is 2.78. The van der Waals surface area contributed by atoms with Gasteiger partial charge in [-0.05, 0) is 36.8 Å². The van der Waals surface area contributed by atoms with E-state index in [0.717, 1.165) is 11.3 Å². The van der Waals surface area contributed by atoms with Gasteiger partial charge in [0.05, 0.1) is 19.4 Å². The van der Waals surface area contributed by atoms with E-state index in [1.54, 1.807) is 18.2 Å². The second-order valence-electron chi connectivity index (χ2n) is 6.90. The minimum absolute atomic E-state index is 0.135. The van der Waals surface area contributed by atoms with Gasteiger partial charge in [-0.1, -0.05) is 29.8 Å². The third kappa shape index (κ3) is 5.39. The summed E-state index contributed by atoms with van der Waals surface area (Å²) < 4.78 is 5.42. The van der Waals surface area contributed by atoms with E-state index in [2.05, 4.69) is 30.8 Å². The Morgan fingerprint density at radius 1 is 1.10 bits per heavy atom. The number of hydrazone groups is 1. The van der Waals surface area contributed by atoms with Crippen molar-refractivity contribution in [1.82, 2.24) is 15.0 Å². The second-order valence-corrected chi connectivity index (χ2v) is 7.31. The lowest BCUT2D eigenvalue weighted by atomic mass is 10.2. The third-order valence-corrected chi connectivity index (χ3v) is 5.06. The average molecular weight is 440 g/mol. The molecule has 2 aromatic carbocycles. The van der Waals surface area contributed by atoms with Gasteiger partial charge in [0.25, 0.3) is 0 Å². The van der Waals surface area contributed by atoms with E-state index >= 15 is 0 Å². The van der Waals surface area contributed by atoms with Crippen LogP contribution in [0.1, 0.15) is 11.1 Å². The Kier molecular flexibility index (Phi) is 6.44. The number of phenols is 1. The Morgan fingerprint density at radius 3 is 2.65 bits per heavy atom. The molecule has 0 atom stereocenters. The van der Waals surface area contributed by atoms with Gasteiger partial charge < -0.3 is 20.1 Å². The molecule has 1 fully saturated rings. The highest BCUT2D eigenvalue weighted by Gasteiger charge is 2.17. The van der Waals surface area contributed by atoms with Gasteiger partial charge in [0, 0.05) is 29.4 Å². The van der Waals surface area contributed by atoms with Gasteiger partial charge in [-0.2, -0.15) is 20.1 Å². The summed E-state index contributed by atoms with van der Waals surface area (Å²) in [6.07, 6.45) is 1.50. The number of benzene rings is 2. The van der Waals surface area contributed by atoms with Crippen LogP contribution in [0, 0.1) is 6.92 Å². The van der Waals surface area contributed by atoms with Crippen molar-refractivity contribution in [2.75, 3.05) is 41.9 Å². The summed E-state index contributed by atoms with van der Waals surface area (Å²) in [4.78, 5) is 15.5. The van der Waals surface area contributed by atoms with E-state index in [1.807, 2.05) is 36.1 Å². The van der Waals surface area contributed by atoms with Crippen molar-refractivity contribution in [2.45, 2.75) is 6.92 Å². The van der Waals surface area contributed by atoms with Crippen molar-refractivity contribution in [3.8, 4) is 5.75 Å². The fourth-order valence-electron chi connectivity index (χ4n) is 2.93. The zero-order valence-electron chi connectivity index (χ0n) is 16.9. The molecule has 1 aliphatic rings. The number of hydrogen-bond acceptors (Lipinski definition) is 9. The van der Waals surface area contributed by atoms with Gasteiger partial charge in [0.15, 0.2) is 0 Å². The minimum Gasteiger partial charge on any atom is -0.507 e. The van der Waals surface area contributed by atoms with Gasteiger partial charge in [0.1, 0.15) is 5.75 Å². The minimum atomic E-state index is 0.135. The fraction of sp³-hybridized carbons (Fsp3) is 0.238. The van der Waals surface area contributed by atoms with E-state index < -0.39 is 0 Å². The number of aryl methyl sites for hydroxylation is 1. The van der Waals surface area contributed by atoms with E-state index in [-0.39, 0.29) is 11.7 Å². The van der Waals surface area contributed by atoms with Crippen LogP contribution in [0.25, 0.3) is 0 Å². The molecule has 10 heteroatoms. The van der Waals surface area contributed by atoms with Crippen LogP contribution in [0.3, 0.4) is 0 Å². The van der Waals surface area contributed by atoms with Crippen molar-refractivity contribution in [1.29, 1.82) is 0 Å². The number of ether oxygens (including phenoxy) is 1. The Morgan fingerprint density at radius 2 is 1.87 bits per heavy atom. The molecular weight excluding hydrogens is 418 g/mol. The predicted molar refractivity (Wildman–Crippen MR) is 122 cm³/mol. The van der Waals surface area contributed by atoms with Crippen molar-refractivity contribution >= 4 is 41.3 Å². The molecule has 1 aromatic heterocycles. The van der Waals surface area contributed by atoms with E-state index in [9.17, 15) is 5.11 Å². The number of rotatable bonds is 6. The first-order valence-corrected chi connectivity index (χ1v) is 10.2. The number of anilines is 4. The smallest absolute Gasteiger partial charge is 0.250 e. The van der Waals surface area contributed by atoms with Gasteiger partial charge in [0.2, 0.25) is 17.8 Å². The number of morpholine rings is 1. The molecule has 1 aliphatic heterocycles. The molecule has 0 aliphatic carbocycles. The van der Waals surface area contributed by atoms with Gasteiger partial charge in [-0.3, -0.25) is 0 Å². The maximum Gasteiger partial charge on any atom is 0.250 e. The number of nitrogens with zero attached hydrogens (tertiary/aromatic N) is 5. The Balaban J connectivity index is 1.59. The van der Waals surface area contributed by atoms with Crippen LogP contribution < -0.4 is 15.6 Å². The quantitative estimate of drug-likeness (QED) is 0.395. The number of hydrogen-bond donors (Lipinski definition) is 3. The molecule has 160 valence electrons. The molecule has 0 saturated carbocycles. The highest BCUT2D eigenvalue weighted by Crippen LogP contribution is 2.23. The lowest BCUT2D eigenvalue weighted by Crippen LogP contribution is -2.37. The zero-order valence-corrected chi connectivity index (χ0v) is 17.7. The molecule has 0 amide bonds. The van der Waals surface area contributed by atoms with E-state index in [0.29, 0.717) is 48.8 Å². The summed E-state index contributed by atoms with van der Waals surface area (Å²) >= 11 is 6.24. The van der Waals surface area contributed by atoms with Crippen LogP contribution in [0.5, 0.6) is 5.75 Å². The first-order valence-electron chi connectivity index (χ1n) is 9.77. The highest BCUT2D eigenvalue weighted by molar-refractivity contribution is 6.31. The zero-order chi connectivity index (χ0) is 21.6. The van der Waals surface area contributed by atoms with Crippen LogP contribution in [-0.2, 0) is 4.74 Å². The molecule has 0 bridgehead atoms. The topological polar surface area (TPSA) is 108 Å². The van der Waals surface area contributed by atoms with Crippen LogP contribution in [-0.4, -0.2) is 52.6 Å². The number of aromatic hydroxyl groups is 1. The molecule has 2 heterocycles. The Bertz CT molecular complexity index is 1090. The largest absolute Gasteiger partial charge is 0.507 e. The Labute approximate surface area is 184 Å². The highest BCUT2D eigenvalue weighted by atomic mass is 35.5. The molecule has 0 unspecified atom stereocenters. The van der Waals surface area contributed by atoms with Crippen molar-refractivity contribution in [3.05, 3.63) is 58.6 Å². The number of halogens is 1. The first kappa shape index (κ1) is 20.8. The number of nitrogens with one attached hydrogen (secondary N) is 2. The monoisotopic (exact) mass is 439 g/mol. The summed E-state index contributed by atoms with van der Waals surface area (Å²) in [7, 11) is 0. The molecule has 0 spiro atoms. The van der Waals surface area contributed by atoms with E-state index in [1.165, 1.54) is 6.21 Å². The summed E-state index contributed by atoms with van der Waals surface area (Å²) in [6.45, 7) is 4.52. The summed E-state index contributed by atoms with van der Waals surface area (Å²) in [5.41, 5.74) is 5.14. The van der Waals surface area contributed by atoms with Crippen molar-refractivity contribution in [3.63, 3.8) is 0 Å². The lowest BCUT2D eigenvalue weighted by molar-refractivity contribution is 0.122. The molecule has 3 N–H and O–H groups in total. The maximum absolute atomic E-state index is 9.87. The molecule has 3 aromatic rings. The molecular formula is C21H22ClN7O2. The van der Waals surface area contributed by atoms with Crippen molar-refractivity contribution < 1.29 is 9.84 Å². The summed E-state index contributed by atoms with van der Waals surface area (Å²) in [6, 6.07) is 12.5. The van der Waals surface area contributed by atoms with Crippen LogP contribution in [0.15, 0.2) is 47.6 Å². The second kappa shape index (κ2) is 9.59. The molecule has 0 radical (unpaired) electrons. The van der Waals surface area contributed by atoms with E-state index in [4.69, 9.17) is 16.3 Å². The normalized spacial score (nSPS) is 14.1. The van der Waals surface area contributed by atoms with Gasteiger partial charge in [-0.15, -0.1) is 0 Å².